The number of nitrogens with zero attached hydrogens (tertiary/aromatic N) is 2. The summed E-state index contributed by atoms with van der Waals surface area (Å²) in [5.41, 5.74) is 1.45. The Labute approximate surface area is 173 Å². The summed E-state index contributed by atoms with van der Waals surface area (Å²) in [5, 5.41) is 15.1. The molecule has 9 heteroatoms. The van der Waals surface area contributed by atoms with Crippen molar-refractivity contribution in [2.75, 3.05) is 26.2 Å². The summed E-state index contributed by atoms with van der Waals surface area (Å²) in [6.07, 6.45) is 0.254. The van der Waals surface area contributed by atoms with Crippen LogP contribution in [0.1, 0.15) is 39.1 Å². The Morgan fingerprint density at radius 3 is 2.70 bits per heavy atom. The van der Waals surface area contributed by atoms with Crippen LogP contribution in [0.4, 0.5) is 0 Å². The van der Waals surface area contributed by atoms with Gasteiger partial charge in [0.2, 0.25) is 11.8 Å². The van der Waals surface area contributed by atoms with Gasteiger partial charge in [-0.25, -0.2) is 0 Å². The maximum atomic E-state index is 13.2. The van der Waals surface area contributed by atoms with E-state index in [2.05, 4.69) is 15.5 Å². The summed E-state index contributed by atoms with van der Waals surface area (Å²) < 4.78 is 0. The molecule has 0 radical (unpaired) electrons. The van der Waals surface area contributed by atoms with E-state index in [-0.39, 0.29) is 31.4 Å². The molecular weight excluding hydrogens is 388 g/mol. The highest BCUT2D eigenvalue weighted by molar-refractivity contribution is 6.24. The summed E-state index contributed by atoms with van der Waals surface area (Å²) in [4.78, 5) is 53.1. The minimum atomic E-state index is -0.953. The monoisotopic (exact) mass is 412 g/mol. The second-order valence-electron chi connectivity index (χ2n) is 8.60. The van der Waals surface area contributed by atoms with Gasteiger partial charge in [-0.1, -0.05) is 12.1 Å². The van der Waals surface area contributed by atoms with Gasteiger partial charge in [-0.2, -0.15) is 0 Å². The molecule has 0 saturated carbocycles. The smallest absolute Gasteiger partial charge is 0.262 e. The van der Waals surface area contributed by atoms with E-state index in [1.807, 2.05) is 6.07 Å². The number of aliphatic hydroxyl groups is 1. The number of carbonyl (C=O) groups is 4. The van der Waals surface area contributed by atoms with E-state index in [1.165, 1.54) is 0 Å². The maximum absolute atomic E-state index is 13.2. The van der Waals surface area contributed by atoms with Gasteiger partial charge in [-0.3, -0.25) is 34.3 Å². The van der Waals surface area contributed by atoms with Gasteiger partial charge in [0, 0.05) is 32.1 Å². The van der Waals surface area contributed by atoms with E-state index >= 15 is 0 Å². The highest BCUT2D eigenvalue weighted by Gasteiger charge is 2.46. The number of carbonyl (C=O) groups excluding carboxylic acids is 4. The molecule has 9 nitrogen and oxygen atoms in total. The Morgan fingerprint density at radius 2 is 1.93 bits per heavy atom. The molecule has 0 aliphatic carbocycles. The van der Waals surface area contributed by atoms with Gasteiger partial charge in [0.15, 0.2) is 0 Å². The number of piperidine rings is 1. The summed E-state index contributed by atoms with van der Waals surface area (Å²) in [5.74, 6) is -1.08. The molecule has 4 unspecified atom stereocenters. The van der Waals surface area contributed by atoms with Gasteiger partial charge < -0.3 is 10.4 Å². The zero-order chi connectivity index (χ0) is 21.0. The number of hydrogen-bond acceptors (Lipinski definition) is 7. The van der Waals surface area contributed by atoms with Crippen LogP contribution in [-0.2, 0) is 16.1 Å². The third kappa shape index (κ3) is 2.96. The first kappa shape index (κ1) is 19.3. The fourth-order valence-electron chi connectivity index (χ4n) is 5.40. The van der Waals surface area contributed by atoms with Crippen LogP contribution >= 0.6 is 0 Å². The number of benzene rings is 1. The average molecular weight is 412 g/mol. The maximum Gasteiger partial charge on any atom is 0.262 e. The molecule has 5 rings (SSSR count). The van der Waals surface area contributed by atoms with E-state index < -0.39 is 23.8 Å². The number of amides is 4. The number of likely N-dealkylation sites (tertiary alicyclic amines) is 1. The molecule has 158 valence electrons. The molecule has 3 fully saturated rings. The molecule has 4 aliphatic rings. The van der Waals surface area contributed by atoms with Crippen LogP contribution in [0.2, 0.25) is 0 Å². The molecule has 4 heterocycles. The van der Waals surface area contributed by atoms with E-state index in [0.717, 1.165) is 30.1 Å². The number of rotatable bonds is 4. The fourth-order valence-corrected chi connectivity index (χ4v) is 5.40. The largest absolute Gasteiger partial charge is 0.395 e. The molecule has 0 bridgehead atoms. The van der Waals surface area contributed by atoms with Gasteiger partial charge in [-0.05, 0) is 36.4 Å². The van der Waals surface area contributed by atoms with E-state index in [1.54, 1.807) is 12.1 Å². The van der Waals surface area contributed by atoms with Gasteiger partial charge in [0.25, 0.3) is 11.8 Å². The van der Waals surface area contributed by atoms with Crippen LogP contribution in [0.25, 0.3) is 0 Å². The first-order chi connectivity index (χ1) is 14.5. The lowest BCUT2D eigenvalue weighted by atomic mass is 9.95. The van der Waals surface area contributed by atoms with E-state index in [4.69, 9.17) is 0 Å². The minimum absolute atomic E-state index is 0.104. The van der Waals surface area contributed by atoms with Gasteiger partial charge in [0.05, 0.1) is 17.7 Å². The molecule has 3 N–H and O–H groups in total. The van der Waals surface area contributed by atoms with Gasteiger partial charge in [-0.15, -0.1) is 0 Å². The van der Waals surface area contributed by atoms with Crippen molar-refractivity contribution in [1.82, 2.24) is 20.4 Å². The van der Waals surface area contributed by atoms with Crippen molar-refractivity contribution in [3.05, 3.63) is 34.9 Å². The van der Waals surface area contributed by atoms with E-state index in [0.29, 0.717) is 29.5 Å². The molecule has 0 aromatic heterocycles. The third-order valence-electron chi connectivity index (χ3n) is 6.87. The summed E-state index contributed by atoms with van der Waals surface area (Å²) in [6.45, 7) is 3.22. The van der Waals surface area contributed by atoms with Gasteiger partial charge >= 0.3 is 0 Å². The standard InChI is InChI=1S/C21H24N4O5/c26-10-15-14-9-24(8-12(14)6-22-15)7-11-2-1-3-13-18(11)21(30)25(20(13)29)16-4-5-17(27)23-19(16)28/h1-3,12,14-16,22,26H,4-10H2,(H,23,27,28). The predicted molar refractivity (Wildman–Crippen MR) is 104 cm³/mol. The molecule has 0 spiro atoms. The first-order valence-electron chi connectivity index (χ1n) is 10.4. The van der Waals surface area contributed by atoms with Crippen LogP contribution < -0.4 is 10.6 Å². The van der Waals surface area contributed by atoms with Crippen LogP contribution in [0, 0.1) is 11.8 Å². The fraction of sp³-hybridized carbons (Fsp3) is 0.524. The second kappa shape index (κ2) is 7.26. The van der Waals surface area contributed by atoms with Crippen molar-refractivity contribution in [2.45, 2.75) is 31.5 Å². The highest BCUT2D eigenvalue weighted by Crippen LogP contribution is 2.34. The summed E-state index contributed by atoms with van der Waals surface area (Å²) in [7, 11) is 0. The van der Waals surface area contributed by atoms with Crippen molar-refractivity contribution >= 4 is 23.6 Å². The lowest BCUT2D eigenvalue weighted by Gasteiger charge is -2.28. The Balaban J connectivity index is 1.38. The Morgan fingerprint density at radius 1 is 1.10 bits per heavy atom. The van der Waals surface area contributed by atoms with Crippen molar-refractivity contribution in [3.8, 4) is 0 Å². The average Bonchev–Trinajstić information content (AvgIpc) is 3.35. The van der Waals surface area contributed by atoms with Crippen molar-refractivity contribution in [2.24, 2.45) is 11.8 Å². The van der Waals surface area contributed by atoms with Crippen LogP contribution in [0.3, 0.4) is 0 Å². The normalized spacial score (nSPS) is 31.3. The zero-order valence-corrected chi connectivity index (χ0v) is 16.5. The SMILES string of the molecule is O=C1CCC(N2C(=O)c3cccc(CN4CC5CNC(CO)C5C4)c3C2=O)C(=O)N1. The lowest BCUT2D eigenvalue weighted by Crippen LogP contribution is -2.54. The van der Waals surface area contributed by atoms with Crippen LogP contribution in [0.15, 0.2) is 18.2 Å². The number of imide groups is 2. The predicted octanol–water partition coefficient (Wildman–Crippen LogP) is -0.900. The molecule has 4 aliphatic heterocycles. The first-order valence-corrected chi connectivity index (χ1v) is 10.4. The number of hydrogen-bond donors (Lipinski definition) is 3. The number of fused-ring (bicyclic) bond motifs is 2. The minimum Gasteiger partial charge on any atom is -0.395 e. The highest BCUT2D eigenvalue weighted by atomic mass is 16.3. The molecular formula is C21H24N4O5. The topological polar surface area (TPSA) is 119 Å². The Hall–Kier alpha value is -2.62. The van der Waals surface area contributed by atoms with Crippen molar-refractivity contribution in [3.63, 3.8) is 0 Å². The van der Waals surface area contributed by atoms with E-state index in [9.17, 15) is 24.3 Å². The second-order valence-corrected chi connectivity index (χ2v) is 8.60. The third-order valence-corrected chi connectivity index (χ3v) is 6.87. The van der Waals surface area contributed by atoms with Crippen molar-refractivity contribution in [1.29, 1.82) is 0 Å². The summed E-state index contributed by atoms with van der Waals surface area (Å²) in [6, 6.07) is 4.39. The molecule has 1 aromatic rings. The Kier molecular flexibility index (Phi) is 4.68. The molecule has 3 saturated heterocycles. The molecule has 30 heavy (non-hydrogen) atoms. The van der Waals surface area contributed by atoms with Crippen LogP contribution in [0.5, 0.6) is 0 Å². The number of nitrogens with one attached hydrogen (secondary N) is 2. The molecule has 1 aromatic carbocycles. The van der Waals surface area contributed by atoms with Gasteiger partial charge in [0.1, 0.15) is 6.04 Å². The zero-order valence-electron chi connectivity index (χ0n) is 16.5. The quantitative estimate of drug-likeness (QED) is 0.549. The van der Waals surface area contributed by atoms with Crippen LogP contribution in [-0.4, -0.2) is 76.9 Å². The molecule has 4 amide bonds. The summed E-state index contributed by atoms with van der Waals surface area (Å²) >= 11 is 0. The lowest BCUT2D eigenvalue weighted by molar-refractivity contribution is -0.136. The molecule has 4 atom stereocenters. The Bertz CT molecular complexity index is 947. The number of aliphatic hydroxyl groups excluding tert-OH is 1. The van der Waals surface area contributed by atoms with Crippen molar-refractivity contribution < 1.29 is 24.3 Å².